The third kappa shape index (κ3) is 2.64. The van der Waals surface area contributed by atoms with Crippen molar-refractivity contribution in [2.24, 2.45) is 0 Å². The summed E-state index contributed by atoms with van der Waals surface area (Å²) in [5, 5.41) is 0. The average molecular weight is 271 g/mol. The summed E-state index contributed by atoms with van der Waals surface area (Å²) in [5.74, 6) is 2.47. The molecule has 0 N–H and O–H groups in total. The van der Waals surface area contributed by atoms with Crippen LogP contribution in [0.25, 0.3) is 0 Å². The summed E-state index contributed by atoms with van der Waals surface area (Å²) >= 11 is 0. The van der Waals surface area contributed by atoms with Gasteiger partial charge in [-0.1, -0.05) is 6.07 Å². The molecular formula is C14H17N5O. The number of nitrogens with zero attached hydrogens (tertiary/aromatic N) is 5. The molecule has 0 bridgehead atoms. The Morgan fingerprint density at radius 3 is 2.25 bits per heavy atom. The Bertz CT molecular complexity index is 537. The van der Waals surface area contributed by atoms with E-state index in [1.165, 1.54) is 0 Å². The number of rotatable bonds is 3. The molecule has 1 aliphatic rings. The molecule has 3 rings (SSSR count). The predicted octanol–water partition coefficient (Wildman–Crippen LogP) is 1.21. The average Bonchev–Trinajstić information content (AvgIpc) is 2.56. The van der Waals surface area contributed by atoms with Gasteiger partial charge in [-0.05, 0) is 12.1 Å². The lowest BCUT2D eigenvalue weighted by Gasteiger charge is -2.35. The smallest absolute Gasteiger partial charge is 0.225 e. The molecule has 2 aromatic heterocycles. The lowest BCUT2D eigenvalue weighted by atomic mass is 10.3. The minimum Gasteiger partial charge on any atom is -0.494 e. The van der Waals surface area contributed by atoms with Gasteiger partial charge in [0.2, 0.25) is 5.95 Å². The molecule has 104 valence electrons. The van der Waals surface area contributed by atoms with E-state index in [2.05, 4.69) is 24.8 Å². The summed E-state index contributed by atoms with van der Waals surface area (Å²) in [6.45, 7) is 3.63. The maximum atomic E-state index is 5.07. The fraction of sp³-hybridized carbons (Fsp3) is 0.357. The fourth-order valence-electron chi connectivity index (χ4n) is 2.25. The van der Waals surface area contributed by atoms with Crippen molar-refractivity contribution in [3.63, 3.8) is 0 Å². The molecule has 1 fully saturated rings. The third-order valence-corrected chi connectivity index (χ3v) is 3.39. The molecule has 6 nitrogen and oxygen atoms in total. The highest BCUT2D eigenvalue weighted by Gasteiger charge is 2.19. The number of methoxy groups -OCH3 is 1. The molecule has 1 aliphatic heterocycles. The van der Waals surface area contributed by atoms with Gasteiger partial charge in [-0.3, -0.25) is 0 Å². The number of ether oxygens (including phenoxy) is 1. The van der Waals surface area contributed by atoms with E-state index in [4.69, 9.17) is 4.74 Å². The van der Waals surface area contributed by atoms with Gasteiger partial charge in [-0.15, -0.1) is 0 Å². The van der Waals surface area contributed by atoms with Crippen molar-refractivity contribution in [1.82, 2.24) is 15.0 Å². The molecule has 0 amide bonds. The summed E-state index contributed by atoms with van der Waals surface area (Å²) in [6.07, 6.45) is 5.23. The van der Waals surface area contributed by atoms with Crippen molar-refractivity contribution in [3.05, 3.63) is 36.8 Å². The highest BCUT2D eigenvalue weighted by atomic mass is 16.5. The zero-order chi connectivity index (χ0) is 13.8. The summed E-state index contributed by atoms with van der Waals surface area (Å²) in [5.41, 5.74) is 0. The molecule has 0 radical (unpaired) electrons. The van der Waals surface area contributed by atoms with E-state index in [1.54, 1.807) is 19.5 Å². The summed E-state index contributed by atoms with van der Waals surface area (Å²) in [7, 11) is 1.62. The van der Waals surface area contributed by atoms with Crippen molar-refractivity contribution >= 4 is 11.8 Å². The number of pyridine rings is 1. The molecule has 3 heterocycles. The van der Waals surface area contributed by atoms with Crippen molar-refractivity contribution in [3.8, 4) is 5.75 Å². The van der Waals surface area contributed by atoms with Gasteiger partial charge in [-0.25, -0.2) is 15.0 Å². The molecular weight excluding hydrogens is 254 g/mol. The van der Waals surface area contributed by atoms with Crippen LogP contribution in [0.15, 0.2) is 36.8 Å². The molecule has 20 heavy (non-hydrogen) atoms. The second-order valence-corrected chi connectivity index (χ2v) is 4.58. The Kier molecular flexibility index (Phi) is 3.62. The minimum absolute atomic E-state index is 0.681. The van der Waals surface area contributed by atoms with Crippen molar-refractivity contribution in [1.29, 1.82) is 0 Å². The van der Waals surface area contributed by atoms with E-state index in [0.717, 1.165) is 37.9 Å². The molecule has 0 unspecified atom stereocenters. The monoisotopic (exact) mass is 271 g/mol. The topological polar surface area (TPSA) is 54.4 Å². The number of anilines is 2. The summed E-state index contributed by atoms with van der Waals surface area (Å²) in [6, 6.07) is 5.99. The maximum Gasteiger partial charge on any atom is 0.225 e. The van der Waals surface area contributed by atoms with Gasteiger partial charge in [0.15, 0.2) is 5.75 Å². The number of aromatic nitrogens is 3. The van der Waals surface area contributed by atoms with Gasteiger partial charge in [0.25, 0.3) is 0 Å². The lowest BCUT2D eigenvalue weighted by Crippen LogP contribution is -2.47. The Balaban J connectivity index is 1.63. The maximum absolute atomic E-state index is 5.07. The van der Waals surface area contributed by atoms with Crippen LogP contribution in [0.1, 0.15) is 0 Å². The quantitative estimate of drug-likeness (QED) is 0.836. The van der Waals surface area contributed by atoms with E-state index in [1.807, 2.05) is 24.4 Å². The Labute approximate surface area is 118 Å². The van der Waals surface area contributed by atoms with E-state index in [-0.39, 0.29) is 0 Å². The van der Waals surface area contributed by atoms with Crippen LogP contribution in [0.4, 0.5) is 11.8 Å². The zero-order valence-electron chi connectivity index (χ0n) is 11.4. The summed E-state index contributed by atoms with van der Waals surface area (Å²) < 4.78 is 5.07. The van der Waals surface area contributed by atoms with Crippen LogP contribution >= 0.6 is 0 Å². The molecule has 0 aliphatic carbocycles. The van der Waals surface area contributed by atoms with Crippen molar-refractivity contribution < 1.29 is 4.74 Å². The molecule has 0 atom stereocenters. The van der Waals surface area contributed by atoms with Gasteiger partial charge in [0, 0.05) is 32.4 Å². The molecule has 0 aromatic carbocycles. The van der Waals surface area contributed by atoms with Crippen molar-refractivity contribution in [2.75, 3.05) is 43.1 Å². The molecule has 0 saturated carbocycles. The van der Waals surface area contributed by atoms with Crippen LogP contribution in [-0.2, 0) is 0 Å². The first-order chi connectivity index (χ1) is 9.86. The van der Waals surface area contributed by atoms with Crippen LogP contribution < -0.4 is 14.5 Å². The van der Waals surface area contributed by atoms with Gasteiger partial charge < -0.3 is 14.5 Å². The number of hydrogen-bond acceptors (Lipinski definition) is 6. The Morgan fingerprint density at radius 1 is 0.950 bits per heavy atom. The molecule has 2 aromatic rings. The fourth-order valence-corrected chi connectivity index (χ4v) is 2.25. The summed E-state index contributed by atoms with van der Waals surface area (Å²) in [4.78, 5) is 17.5. The normalized spacial score (nSPS) is 15.2. The number of piperazine rings is 1. The minimum atomic E-state index is 0.681. The molecule has 0 spiro atoms. The predicted molar refractivity (Wildman–Crippen MR) is 77.2 cm³/mol. The van der Waals surface area contributed by atoms with Crippen LogP contribution in [0.3, 0.4) is 0 Å². The Morgan fingerprint density at radius 2 is 1.65 bits per heavy atom. The standard InChI is InChI=1S/C14H17N5O/c1-20-12-10-16-14(17-11-12)19-8-6-18(7-9-19)13-4-2-3-5-15-13/h2-5,10-11H,6-9H2,1H3. The van der Waals surface area contributed by atoms with E-state index >= 15 is 0 Å². The van der Waals surface area contributed by atoms with Gasteiger partial charge >= 0.3 is 0 Å². The number of hydrogen-bond donors (Lipinski definition) is 0. The highest BCUT2D eigenvalue weighted by Crippen LogP contribution is 2.16. The second-order valence-electron chi connectivity index (χ2n) is 4.58. The third-order valence-electron chi connectivity index (χ3n) is 3.39. The molecule has 6 heteroatoms. The van der Waals surface area contributed by atoms with Gasteiger partial charge in [0.05, 0.1) is 19.5 Å². The van der Waals surface area contributed by atoms with Crippen LogP contribution in [-0.4, -0.2) is 48.2 Å². The first-order valence-corrected chi connectivity index (χ1v) is 6.64. The highest BCUT2D eigenvalue weighted by molar-refractivity contribution is 5.42. The van der Waals surface area contributed by atoms with Crippen LogP contribution in [0, 0.1) is 0 Å². The van der Waals surface area contributed by atoms with Gasteiger partial charge in [0.1, 0.15) is 5.82 Å². The van der Waals surface area contributed by atoms with Crippen LogP contribution in [0.2, 0.25) is 0 Å². The van der Waals surface area contributed by atoms with E-state index in [9.17, 15) is 0 Å². The Hall–Kier alpha value is -2.37. The first-order valence-electron chi connectivity index (χ1n) is 6.64. The van der Waals surface area contributed by atoms with Crippen LogP contribution in [0.5, 0.6) is 5.75 Å². The first kappa shape index (κ1) is 12.7. The largest absolute Gasteiger partial charge is 0.494 e. The zero-order valence-corrected chi connectivity index (χ0v) is 11.4. The van der Waals surface area contributed by atoms with Crippen molar-refractivity contribution in [2.45, 2.75) is 0 Å². The van der Waals surface area contributed by atoms with Gasteiger partial charge in [-0.2, -0.15) is 0 Å². The van der Waals surface area contributed by atoms with E-state index in [0.29, 0.717) is 5.75 Å². The lowest BCUT2D eigenvalue weighted by molar-refractivity contribution is 0.410. The SMILES string of the molecule is COc1cnc(N2CCN(c3ccccn3)CC2)nc1. The van der Waals surface area contributed by atoms with E-state index < -0.39 is 0 Å². The molecule has 1 saturated heterocycles. The second kappa shape index (κ2) is 5.73.